The van der Waals surface area contributed by atoms with E-state index in [1.165, 1.54) is 6.07 Å². The molecule has 0 atom stereocenters. The van der Waals surface area contributed by atoms with Gasteiger partial charge in [-0.05, 0) is 36.2 Å². The molecule has 0 fully saturated rings. The first-order chi connectivity index (χ1) is 11.1. The van der Waals surface area contributed by atoms with Crippen molar-refractivity contribution in [1.82, 2.24) is 5.32 Å². The Kier molecular flexibility index (Phi) is 5.48. The van der Waals surface area contributed by atoms with Crippen molar-refractivity contribution >= 4 is 17.5 Å². The highest BCUT2D eigenvalue weighted by molar-refractivity contribution is 5.99. The summed E-state index contributed by atoms with van der Waals surface area (Å²) < 4.78 is 0. The SMILES string of the molecule is CCc1ccccc1NC(=O)CNC(=O)c1cccc(C#N)c1. The number of carbonyl (C=O) groups excluding carboxylic acids is 2. The van der Waals surface area contributed by atoms with Crippen molar-refractivity contribution in [3.63, 3.8) is 0 Å². The number of nitriles is 1. The van der Waals surface area contributed by atoms with E-state index in [4.69, 9.17) is 5.26 Å². The van der Waals surface area contributed by atoms with E-state index in [-0.39, 0.29) is 18.4 Å². The first kappa shape index (κ1) is 16.2. The molecular weight excluding hydrogens is 290 g/mol. The molecule has 0 heterocycles. The number of amides is 2. The monoisotopic (exact) mass is 307 g/mol. The van der Waals surface area contributed by atoms with E-state index in [0.29, 0.717) is 11.1 Å². The number of hydrogen-bond acceptors (Lipinski definition) is 3. The Labute approximate surface area is 134 Å². The van der Waals surface area contributed by atoms with E-state index in [2.05, 4.69) is 10.6 Å². The summed E-state index contributed by atoms with van der Waals surface area (Å²) in [5, 5.41) is 14.2. The zero-order valence-electron chi connectivity index (χ0n) is 12.8. The van der Waals surface area contributed by atoms with Crippen LogP contribution in [0, 0.1) is 11.3 Å². The van der Waals surface area contributed by atoms with Crippen LogP contribution in [0.5, 0.6) is 0 Å². The molecule has 0 bridgehead atoms. The minimum atomic E-state index is -0.388. The van der Waals surface area contributed by atoms with Crippen molar-refractivity contribution < 1.29 is 9.59 Å². The maximum Gasteiger partial charge on any atom is 0.251 e. The fraction of sp³-hybridized carbons (Fsp3) is 0.167. The Morgan fingerprint density at radius 3 is 2.65 bits per heavy atom. The summed E-state index contributed by atoms with van der Waals surface area (Å²) in [6.07, 6.45) is 0.809. The van der Waals surface area contributed by atoms with Gasteiger partial charge in [0.1, 0.15) is 0 Å². The van der Waals surface area contributed by atoms with Gasteiger partial charge in [-0.2, -0.15) is 5.26 Å². The average Bonchev–Trinajstić information content (AvgIpc) is 2.60. The lowest BCUT2D eigenvalue weighted by atomic mass is 10.1. The Bertz CT molecular complexity index is 763. The minimum absolute atomic E-state index is 0.131. The highest BCUT2D eigenvalue weighted by Gasteiger charge is 2.10. The lowest BCUT2D eigenvalue weighted by molar-refractivity contribution is -0.115. The molecule has 2 aromatic carbocycles. The predicted octanol–water partition coefficient (Wildman–Crippen LogP) is 2.49. The molecule has 0 aliphatic carbocycles. The van der Waals surface area contributed by atoms with Crippen LogP contribution in [0.25, 0.3) is 0 Å². The standard InChI is InChI=1S/C18H17N3O2/c1-2-14-7-3-4-9-16(14)21-17(22)12-20-18(23)15-8-5-6-13(10-15)11-19/h3-10H,2,12H2,1H3,(H,20,23)(H,21,22). The van der Waals surface area contributed by atoms with Crippen LogP contribution in [0.3, 0.4) is 0 Å². The molecule has 0 saturated carbocycles. The molecule has 0 radical (unpaired) electrons. The van der Waals surface area contributed by atoms with E-state index in [0.717, 1.165) is 17.7 Å². The fourth-order valence-electron chi connectivity index (χ4n) is 2.14. The minimum Gasteiger partial charge on any atom is -0.343 e. The van der Waals surface area contributed by atoms with Gasteiger partial charge in [-0.25, -0.2) is 0 Å². The zero-order chi connectivity index (χ0) is 16.7. The number of para-hydroxylation sites is 1. The highest BCUT2D eigenvalue weighted by atomic mass is 16.2. The van der Waals surface area contributed by atoms with E-state index in [1.807, 2.05) is 37.3 Å². The Morgan fingerprint density at radius 2 is 1.91 bits per heavy atom. The number of nitrogens with one attached hydrogen (secondary N) is 2. The summed E-state index contributed by atoms with van der Waals surface area (Å²) >= 11 is 0. The van der Waals surface area contributed by atoms with Crippen molar-refractivity contribution in [2.75, 3.05) is 11.9 Å². The van der Waals surface area contributed by atoms with Gasteiger partial charge in [-0.1, -0.05) is 31.2 Å². The summed E-state index contributed by atoms with van der Waals surface area (Å²) in [5.41, 5.74) is 2.54. The maximum atomic E-state index is 12.0. The number of hydrogen-bond donors (Lipinski definition) is 2. The largest absolute Gasteiger partial charge is 0.343 e. The number of nitrogens with zero attached hydrogens (tertiary/aromatic N) is 1. The third kappa shape index (κ3) is 4.42. The third-order valence-electron chi connectivity index (χ3n) is 3.34. The van der Waals surface area contributed by atoms with Gasteiger partial charge in [0, 0.05) is 11.3 Å². The van der Waals surface area contributed by atoms with Gasteiger partial charge in [-0.15, -0.1) is 0 Å². The Hall–Kier alpha value is -3.13. The first-order valence-electron chi connectivity index (χ1n) is 7.30. The van der Waals surface area contributed by atoms with Crippen LogP contribution >= 0.6 is 0 Å². The molecule has 5 heteroatoms. The van der Waals surface area contributed by atoms with E-state index in [1.54, 1.807) is 18.2 Å². The number of carbonyl (C=O) groups is 2. The van der Waals surface area contributed by atoms with Crippen LogP contribution in [-0.2, 0) is 11.2 Å². The van der Waals surface area contributed by atoms with Gasteiger partial charge >= 0.3 is 0 Å². The lowest BCUT2D eigenvalue weighted by Gasteiger charge is -2.10. The maximum absolute atomic E-state index is 12.0. The van der Waals surface area contributed by atoms with Crippen molar-refractivity contribution in [3.8, 4) is 6.07 Å². The van der Waals surface area contributed by atoms with E-state index >= 15 is 0 Å². The van der Waals surface area contributed by atoms with Crippen molar-refractivity contribution in [2.45, 2.75) is 13.3 Å². The van der Waals surface area contributed by atoms with Crippen LogP contribution in [0.1, 0.15) is 28.4 Å². The molecule has 5 nitrogen and oxygen atoms in total. The number of aryl methyl sites for hydroxylation is 1. The van der Waals surface area contributed by atoms with Gasteiger partial charge in [0.25, 0.3) is 5.91 Å². The van der Waals surface area contributed by atoms with Crippen LogP contribution in [-0.4, -0.2) is 18.4 Å². The molecular formula is C18H17N3O2. The molecule has 2 rings (SSSR count). The lowest BCUT2D eigenvalue weighted by Crippen LogP contribution is -2.33. The third-order valence-corrected chi connectivity index (χ3v) is 3.34. The predicted molar refractivity (Wildman–Crippen MR) is 87.9 cm³/mol. The molecule has 0 aliphatic heterocycles. The summed E-state index contributed by atoms with van der Waals surface area (Å²) in [7, 11) is 0. The molecule has 0 saturated heterocycles. The second-order valence-electron chi connectivity index (χ2n) is 4.93. The van der Waals surface area contributed by atoms with Gasteiger partial charge in [-0.3, -0.25) is 9.59 Å². The van der Waals surface area contributed by atoms with Crippen LogP contribution in [0.2, 0.25) is 0 Å². The second-order valence-corrected chi connectivity index (χ2v) is 4.93. The summed E-state index contributed by atoms with van der Waals surface area (Å²) in [4.78, 5) is 24.0. The number of benzene rings is 2. The molecule has 2 N–H and O–H groups in total. The molecule has 2 amide bonds. The van der Waals surface area contributed by atoms with Gasteiger partial charge in [0.05, 0.1) is 18.2 Å². The Balaban J connectivity index is 1.93. The summed E-state index contributed by atoms with van der Waals surface area (Å²) in [6.45, 7) is 1.88. The number of rotatable bonds is 5. The quantitative estimate of drug-likeness (QED) is 0.890. The van der Waals surface area contributed by atoms with Crippen LogP contribution in [0.15, 0.2) is 48.5 Å². The van der Waals surface area contributed by atoms with Gasteiger partial charge in [0.15, 0.2) is 0 Å². The molecule has 0 aromatic heterocycles. The summed E-state index contributed by atoms with van der Waals surface area (Å²) in [6, 6.07) is 15.8. The highest BCUT2D eigenvalue weighted by Crippen LogP contribution is 2.15. The van der Waals surface area contributed by atoms with Gasteiger partial charge in [0.2, 0.25) is 5.91 Å². The molecule has 116 valence electrons. The molecule has 0 aliphatic rings. The van der Waals surface area contributed by atoms with Crippen molar-refractivity contribution in [1.29, 1.82) is 5.26 Å². The topological polar surface area (TPSA) is 82.0 Å². The van der Waals surface area contributed by atoms with E-state index < -0.39 is 0 Å². The van der Waals surface area contributed by atoms with Crippen molar-refractivity contribution in [2.24, 2.45) is 0 Å². The second kappa shape index (κ2) is 7.76. The first-order valence-corrected chi connectivity index (χ1v) is 7.30. The van der Waals surface area contributed by atoms with Crippen LogP contribution < -0.4 is 10.6 Å². The number of anilines is 1. The fourth-order valence-corrected chi connectivity index (χ4v) is 2.14. The van der Waals surface area contributed by atoms with Crippen LogP contribution in [0.4, 0.5) is 5.69 Å². The zero-order valence-corrected chi connectivity index (χ0v) is 12.8. The Morgan fingerprint density at radius 1 is 1.13 bits per heavy atom. The molecule has 2 aromatic rings. The average molecular weight is 307 g/mol. The molecule has 0 spiro atoms. The molecule has 0 unspecified atom stereocenters. The van der Waals surface area contributed by atoms with Crippen molar-refractivity contribution in [3.05, 3.63) is 65.2 Å². The smallest absolute Gasteiger partial charge is 0.251 e. The molecule has 23 heavy (non-hydrogen) atoms. The summed E-state index contributed by atoms with van der Waals surface area (Å²) in [5.74, 6) is -0.684. The van der Waals surface area contributed by atoms with E-state index in [9.17, 15) is 9.59 Å². The van der Waals surface area contributed by atoms with Gasteiger partial charge < -0.3 is 10.6 Å². The normalized spacial score (nSPS) is 9.74.